The number of rotatable bonds is 7. The van der Waals surface area contributed by atoms with Crippen LogP contribution in [0.2, 0.25) is 0 Å². The molecule has 0 fully saturated rings. The maximum absolute atomic E-state index is 13.2. The molecule has 5 rings (SSSR count). The Balaban J connectivity index is 1.36. The molecule has 1 unspecified atom stereocenters. The first kappa shape index (κ1) is 21.0. The maximum atomic E-state index is 13.2. The van der Waals surface area contributed by atoms with Crippen molar-refractivity contribution in [1.29, 1.82) is 0 Å². The number of nitrogens with zero attached hydrogens (tertiary/aromatic N) is 4. The molecule has 1 aliphatic heterocycles. The largest absolute Gasteiger partial charge is 0.461 e. The molecule has 0 saturated carbocycles. The van der Waals surface area contributed by atoms with Crippen molar-refractivity contribution in [3.05, 3.63) is 76.2 Å². The molecule has 1 aliphatic rings. The molecule has 0 N–H and O–H groups in total. The number of thioether (sulfide) groups is 1. The molecule has 1 aromatic carbocycles. The Morgan fingerprint density at radius 3 is 2.84 bits per heavy atom. The molecular weight excluding hydrogens is 440 g/mol. The normalized spacial score (nSPS) is 15.7. The molecule has 164 valence electrons. The predicted molar refractivity (Wildman–Crippen MR) is 127 cm³/mol. The fourth-order valence-corrected chi connectivity index (χ4v) is 5.99. The fourth-order valence-electron chi connectivity index (χ4n) is 4.24. The smallest absolute Gasteiger partial charge is 0.233 e. The van der Waals surface area contributed by atoms with E-state index in [2.05, 4.69) is 40.7 Å². The minimum atomic E-state index is 0.146. The van der Waals surface area contributed by atoms with Crippen molar-refractivity contribution in [3.8, 4) is 11.6 Å². The van der Waals surface area contributed by atoms with Crippen molar-refractivity contribution < 1.29 is 9.21 Å². The SMILES string of the molecule is CCC1c2ccsc2CCN1C(=O)CSc1nnc(-c2ccco2)n1Cc1ccccc1. The standard InChI is InChI=1S/C24H24N4O2S2/c1-2-19-18-11-14-31-21(18)10-12-27(19)22(29)16-32-24-26-25-23(20-9-6-13-30-20)28(24)15-17-7-4-3-5-8-17/h3-9,11,13-14,19H,2,10,12,15-16H2,1H3. The van der Waals surface area contributed by atoms with E-state index in [1.807, 2.05) is 39.8 Å². The number of fused-ring (bicyclic) bond motifs is 1. The van der Waals surface area contributed by atoms with Crippen LogP contribution in [0, 0.1) is 0 Å². The van der Waals surface area contributed by atoms with Gasteiger partial charge in [-0.15, -0.1) is 21.5 Å². The number of thiophene rings is 1. The van der Waals surface area contributed by atoms with Crippen LogP contribution in [0.1, 0.15) is 35.4 Å². The Morgan fingerprint density at radius 1 is 1.19 bits per heavy atom. The zero-order valence-electron chi connectivity index (χ0n) is 17.8. The van der Waals surface area contributed by atoms with E-state index in [-0.39, 0.29) is 11.9 Å². The molecular formula is C24H24N4O2S2. The number of benzene rings is 1. The maximum Gasteiger partial charge on any atom is 0.233 e. The lowest BCUT2D eigenvalue weighted by atomic mass is 9.98. The first-order valence-electron chi connectivity index (χ1n) is 10.7. The minimum Gasteiger partial charge on any atom is -0.461 e. The zero-order chi connectivity index (χ0) is 21.9. The molecule has 4 aromatic rings. The number of carbonyl (C=O) groups excluding carboxylic acids is 1. The summed E-state index contributed by atoms with van der Waals surface area (Å²) in [6, 6.07) is 16.2. The summed E-state index contributed by atoms with van der Waals surface area (Å²) in [6.45, 7) is 3.54. The van der Waals surface area contributed by atoms with E-state index in [4.69, 9.17) is 4.42 Å². The van der Waals surface area contributed by atoms with E-state index < -0.39 is 0 Å². The van der Waals surface area contributed by atoms with Gasteiger partial charge in [0.15, 0.2) is 10.9 Å². The van der Waals surface area contributed by atoms with Crippen LogP contribution < -0.4 is 0 Å². The second kappa shape index (κ2) is 9.34. The van der Waals surface area contributed by atoms with E-state index in [1.165, 1.54) is 22.2 Å². The third kappa shape index (κ3) is 4.12. The van der Waals surface area contributed by atoms with Gasteiger partial charge in [-0.2, -0.15) is 0 Å². The second-order valence-electron chi connectivity index (χ2n) is 7.70. The lowest BCUT2D eigenvalue weighted by Crippen LogP contribution is -2.40. The summed E-state index contributed by atoms with van der Waals surface area (Å²) in [5, 5.41) is 11.6. The van der Waals surface area contributed by atoms with Crippen molar-refractivity contribution in [2.24, 2.45) is 0 Å². The Morgan fingerprint density at radius 2 is 2.06 bits per heavy atom. The molecule has 3 aromatic heterocycles. The lowest BCUT2D eigenvalue weighted by Gasteiger charge is -2.35. The van der Waals surface area contributed by atoms with Gasteiger partial charge >= 0.3 is 0 Å². The molecule has 1 atom stereocenters. The van der Waals surface area contributed by atoms with Gasteiger partial charge in [0.05, 0.1) is 24.6 Å². The molecule has 0 radical (unpaired) electrons. The van der Waals surface area contributed by atoms with Gasteiger partial charge in [0.25, 0.3) is 0 Å². The van der Waals surface area contributed by atoms with Crippen molar-refractivity contribution >= 4 is 29.0 Å². The highest BCUT2D eigenvalue weighted by atomic mass is 32.2. The molecule has 0 spiro atoms. The van der Waals surface area contributed by atoms with Gasteiger partial charge in [-0.25, -0.2) is 0 Å². The monoisotopic (exact) mass is 464 g/mol. The summed E-state index contributed by atoms with van der Waals surface area (Å²) in [6.07, 6.45) is 3.49. The first-order chi connectivity index (χ1) is 15.7. The number of hydrogen-bond acceptors (Lipinski definition) is 6. The summed E-state index contributed by atoms with van der Waals surface area (Å²) in [5.74, 6) is 1.81. The summed E-state index contributed by atoms with van der Waals surface area (Å²) in [7, 11) is 0. The van der Waals surface area contributed by atoms with Crippen LogP contribution in [-0.2, 0) is 17.8 Å². The highest BCUT2D eigenvalue weighted by Crippen LogP contribution is 2.36. The fraction of sp³-hybridized carbons (Fsp3) is 0.292. The summed E-state index contributed by atoms with van der Waals surface area (Å²) in [5.41, 5.74) is 2.45. The van der Waals surface area contributed by atoms with Crippen LogP contribution in [0.5, 0.6) is 0 Å². The number of amides is 1. The average Bonchev–Trinajstić information content (AvgIpc) is 3.58. The van der Waals surface area contributed by atoms with E-state index in [1.54, 1.807) is 17.6 Å². The lowest BCUT2D eigenvalue weighted by molar-refractivity contribution is -0.131. The van der Waals surface area contributed by atoms with Crippen LogP contribution in [0.15, 0.2) is 69.7 Å². The molecule has 8 heteroatoms. The van der Waals surface area contributed by atoms with Gasteiger partial charge in [0.2, 0.25) is 11.7 Å². The number of aromatic nitrogens is 3. The quantitative estimate of drug-likeness (QED) is 0.348. The van der Waals surface area contributed by atoms with Crippen molar-refractivity contribution in [3.63, 3.8) is 0 Å². The minimum absolute atomic E-state index is 0.146. The highest BCUT2D eigenvalue weighted by molar-refractivity contribution is 7.99. The van der Waals surface area contributed by atoms with E-state index in [0.717, 1.165) is 30.1 Å². The molecule has 0 aliphatic carbocycles. The molecule has 1 amide bonds. The van der Waals surface area contributed by atoms with Crippen molar-refractivity contribution in [1.82, 2.24) is 19.7 Å². The van der Waals surface area contributed by atoms with E-state index in [9.17, 15) is 4.79 Å². The van der Waals surface area contributed by atoms with Gasteiger partial charge in [-0.3, -0.25) is 9.36 Å². The van der Waals surface area contributed by atoms with Crippen LogP contribution >= 0.6 is 23.1 Å². The van der Waals surface area contributed by atoms with Crippen LogP contribution in [-0.4, -0.2) is 37.9 Å². The Hall–Kier alpha value is -2.84. The Labute approximate surface area is 195 Å². The average molecular weight is 465 g/mol. The van der Waals surface area contributed by atoms with Crippen molar-refractivity contribution in [2.75, 3.05) is 12.3 Å². The number of hydrogen-bond donors (Lipinski definition) is 0. The van der Waals surface area contributed by atoms with Gasteiger partial charge < -0.3 is 9.32 Å². The van der Waals surface area contributed by atoms with Crippen LogP contribution in [0.25, 0.3) is 11.6 Å². The van der Waals surface area contributed by atoms with Gasteiger partial charge in [0.1, 0.15) is 0 Å². The molecule has 0 saturated heterocycles. The molecule has 6 nitrogen and oxygen atoms in total. The summed E-state index contributed by atoms with van der Waals surface area (Å²) >= 11 is 3.24. The summed E-state index contributed by atoms with van der Waals surface area (Å²) < 4.78 is 7.60. The predicted octanol–water partition coefficient (Wildman–Crippen LogP) is 5.28. The summed E-state index contributed by atoms with van der Waals surface area (Å²) in [4.78, 5) is 16.7. The number of carbonyl (C=O) groups is 1. The molecule has 32 heavy (non-hydrogen) atoms. The Kier molecular flexibility index (Phi) is 6.14. The third-order valence-electron chi connectivity index (χ3n) is 5.77. The third-order valence-corrected chi connectivity index (χ3v) is 7.72. The van der Waals surface area contributed by atoms with Crippen LogP contribution in [0.4, 0.5) is 0 Å². The highest BCUT2D eigenvalue weighted by Gasteiger charge is 2.30. The molecule has 4 heterocycles. The van der Waals surface area contributed by atoms with Gasteiger partial charge in [0, 0.05) is 11.4 Å². The zero-order valence-corrected chi connectivity index (χ0v) is 19.4. The van der Waals surface area contributed by atoms with Crippen molar-refractivity contribution in [2.45, 2.75) is 37.5 Å². The van der Waals surface area contributed by atoms with Crippen LogP contribution in [0.3, 0.4) is 0 Å². The second-order valence-corrected chi connectivity index (χ2v) is 9.65. The first-order valence-corrected chi connectivity index (χ1v) is 12.6. The molecule has 0 bridgehead atoms. The topological polar surface area (TPSA) is 64.2 Å². The van der Waals surface area contributed by atoms with Gasteiger partial charge in [-0.1, -0.05) is 49.0 Å². The van der Waals surface area contributed by atoms with E-state index in [0.29, 0.717) is 23.9 Å². The Bertz CT molecular complexity index is 1180. The van der Waals surface area contributed by atoms with E-state index >= 15 is 0 Å². The van der Waals surface area contributed by atoms with Gasteiger partial charge in [-0.05, 0) is 47.5 Å². The number of furan rings is 1.